The largest absolute Gasteiger partial charge is 0.396 e. The third-order valence-electron chi connectivity index (χ3n) is 1.91. The summed E-state index contributed by atoms with van der Waals surface area (Å²) in [5.74, 6) is -0.689. The molecule has 5 heteroatoms. The van der Waals surface area contributed by atoms with E-state index in [0.29, 0.717) is 5.56 Å². The van der Waals surface area contributed by atoms with Crippen LogP contribution >= 0.6 is 34.8 Å². The number of anilines is 1. The van der Waals surface area contributed by atoms with E-state index in [9.17, 15) is 4.39 Å². The van der Waals surface area contributed by atoms with E-state index in [1.165, 1.54) is 0 Å². The molecule has 0 heterocycles. The van der Waals surface area contributed by atoms with Crippen molar-refractivity contribution in [3.05, 3.63) is 26.4 Å². The predicted octanol–water partition coefficient (Wildman–Crippen LogP) is 4.49. The van der Waals surface area contributed by atoms with Gasteiger partial charge in [0.2, 0.25) is 0 Å². The first-order valence-corrected chi connectivity index (χ1v) is 5.12. The lowest BCUT2D eigenvalue weighted by Gasteiger charge is -2.14. The summed E-state index contributed by atoms with van der Waals surface area (Å²) >= 11 is 17.2. The van der Waals surface area contributed by atoms with E-state index in [1.54, 1.807) is 13.8 Å². The van der Waals surface area contributed by atoms with Gasteiger partial charge in [-0.25, -0.2) is 4.39 Å². The van der Waals surface area contributed by atoms with Crippen molar-refractivity contribution in [2.24, 2.45) is 0 Å². The van der Waals surface area contributed by atoms with Crippen molar-refractivity contribution < 1.29 is 4.39 Å². The zero-order valence-corrected chi connectivity index (χ0v) is 9.93. The molecule has 0 saturated carbocycles. The maximum atomic E-state index is 13.6. The van der Waals surface area contributed by atoms with Gasteiger partial charge in [-0.1, -0.05) is 48.7 Å². The lowest BCUT2D eigenvalue weighted by molar-refractivity contribution is 0.599. The Bertz CT molecular complexity index is 348. The molecule has 1 nitrogen and oxygen atoms in total. The van der Waals surface area contributed by atoms with Crippen molar-refractivity contribution in [2.45, 2.75) is 19.8 Å². The Morgan fingerprint density at radius 1 is 1.07 bits per heavy atom. The van der Waals surface area contributed by atoms with Gasteiger partial charge in [-0.05, 0) is 5.92 Å². The number of nitrogens with two attached hydrogens (primary N) is 1. The lowest BCUT2D eigenvalue weighted by atomic mass is 10.0. The average molecular weight is 257 g/mol. The first kappa shape index (κ1) is 11.9. The van der Waals surface area contributed by atoms with Crippen molar-refractivity contribution in [1.82, 2.24) is 0 Å². The highest BCUT2D eigenvalue weighted by Crippen LogP contribution is 2.41. The summed E-state index contributed by atoms with van der Waals surface area (Å²) < 4.78 is 13.6. The molecule has 2 N–H and O–H groups in total. The number of benzene rings is 1. The molecule has 78 valence electrons. The number of hydrogen-bond acceptors (Lipinski definition) is 1. The Labute approximate surface area is 96.9 Å². The molecule has 0 amide bonds. The average Bonchev–Trinajstić information content (AvgIpc) is 2.11. The van der Waals surface area contributed by atoms with Crippen LogP contribution in [0.2, 0.25) is 15.1 Å². The smallest absolute Gasteiger partial charge is 0.148 e. The Morgan fingerprint density at radius 2 is 1.57 bits per heavy atom. The molecule has 0 bridgehead atoms. The van der Waals surface area contributed by atoms with E-state index in [2.05, 4.69) is 0 Å². The van der Waals surface area contributed by atoms with Gasteiger partial charge in [0.05, 0.1) is 20.8 Å². The van der Waals surface area contributed by atoms with Gasteiger partial charge in [0.1, 0.15) is 5.82 Å². The minimum atomic E-state index is -0.592. The highest BCUT2D eigenvalue weighted by atomic mass is 35.5. The zero-order chi connectivity index (χ0) is 11.0. The summed E-state index contributed by atoms with van der Waals surface area (Å²) in [6.45, 7) is 3.60. The summed E-state index contributed by atoms with van der Waals surface area (Å²) in [4.78, 5) is 0. The highest BCUT2D eigenvalue weighted by molar-refractivity contribution is 6.46. The number of rotatable bonds is 1. The standard InChI is InChI=1S/C9H9Cl3FN/c1-3(2)4-5(10)9(14)7(12)6(11)8(4)13/h3H,14H2,1-2H3. The van der Waals surface area contributed by atoms with Crippen LogP contribution in [0.15, 0.2) is 0 Å². The fraction of sp³-hybridized carbons (Fsp3) is 0.333. The van der Waals surface area contributed by atoms with E-state index in [-0.39, 0.29) is 26.7 Å². The van der Waals surface area contributed by atoms with Crippen LogP contribution in [0.25, 0.3) is 0 Å². The molecule has 0 spiro atoms. The SMILES string of the molecule is CC(C)c1c(F)c(Cl)c(Cl)c(N)c1Cl. The van der Waals surface area contributed by atoms with Crippen LogP contribution in [0, 0.1) is 5.82 Å². The molecule has 0 radical (unpaired) electrons. The molecule has 1 aromatic carbocycles. The molecule has 0 saturated heterocycles. The highest BCUT2D eigenvalue weighted by Gasteiger charge is 2.21. The summed E-state index contributed by atoms with van der Waals surface area (Å²) in [6, 6.07) is 0. The molecule has 0 fully saturated rings. The van der Waals surface area contributed by atoms with Crippen molar-refractivity contribution in [3.8, 4) is 0 Å². The molecule has 14 heavy (non-hydrogen) atoms. The van der Waals surface area contributed by atoms with Gasteiger partial charge >= 0.3 is 0 Å². The maximum absolute atomic E-state index is 13.6. The zero-order valence-electron chi connectivity index (χ0n) is 7.67. The second-order valence-electron chi connectivity index (χ2n) is 3.24. The fourth-order valence-corrected chi connectivity index (χ4v) is 2.00. The van der Waals surface area contributed by atoms with Crippen LogP contribution in [0.1, 0.15) is 25.3 Å². The first-order valence-electron chi connectivity index (χ1n) is 3.99. The topological polar surface area (TPSA) is 26.0 Å². The Morgan fingerprint density at radius 3 is 2.00 bits per heavy atom. The number of hydrogen-bond donors (Lipinski definition) is 1. The van der Waals surface area contributed by atoms with Crippen LogP contribution in [-0.4, -0.2) is 0 Å². The second-order valence-corrected chi connectivity index (χ2v) is 4.37. The van der Waals surface area contributed by atoms with Crippen LogP contribution in [0.5, 0.6) is 0 Å². The van der Waals surface area contributed by atoms with Crippen molar-refractivity contribution in [3.63, 3.8) is 0 Å². The summed E-state index contributed by atoms with van der Waals surface area (Å²) in [6.07, 6.45) is 0. The molecule has 0 aliphatic rings. The van der Waals surface area contributed by atoms with Crippen molar-refractivity contribution in [1.29, 1.82) is 0 Å². The molecule has 0 aliphatic heterocycles. The molecule has 0 aliphatic carbocycles. The molecular formula is C9H9Cl3FN. The second kappa shape index (κ2) is 4.13. The molecular weight excluding hydrogens is 247 g/mol. The van der Waals surface area contributed by atoms with Gasteiger partial charge in [-0.2, -0.15) is 0 Å². The number of nitrogen functional groups attached to an aromatic ring is 1. The van der Waals surface area contributed by atoms with Crippen LogP contribution in [-0.2, 0) is 0 Å². The monoisotopic (exact) mass is 255 g/mol. The van der Waals surface area contributed by atoms with Gasteiger partial charge in [-0.15, -0.1) is 0 Å². The van der Waals surface area contributed by atoms with E-state index >= 15 is 0 Å². The Kier molecular flexibility index (Phi) is 3.51. The summed E-state index contributed by atoms with van der Waals surface area (Å²) in [5, 5.41) is -0.0530. The lowest BCUT2D eigenvalue weighted by Crippen LogP contribution is -2.01. The van der Waals surface area contributed by atoms with E-state index in [4.69, 9.17) is 40.5 Å². The number of halogens is 4. The molecule has 0 aromatic heterocycles. The molecule has 1 rings (SSSR count). The van der Waals surface area contributed by atoms with Gasteiger partial charge in [0.25, 0.3) is 0 Å². The third-order valence-corrected chi connectivity index (χ3v) is 3.16. The van der Waals surface area contributed by atoms with Crippen LogP contribution in [0.4, 0.5) is 10.1 Å². The van der Waals surface area contributed by atoms with Gasteiger partial charge in [0.15, 0.2) is 0 Å². The molecule has 1 aromatic rings. The van der Waals surface area contributed by atoms with Crippen LogP contribution < -0.4 is 5.73 Å². The Balaban J connectivity index is 3.60. The van der Waals surface area contributed by atoms with E-state index in [1.807, 2.05) is 0 Å². The fourth-order valence-electron chi connectivity index (χ4n) is 1.18. The van der Waals surface area contributed by atoms with Crippen molar-refractivity contribution >= 4 is 40.5 Å². The van der Waals surface area contributed by atoms with Gasteiger partial charge in [-0.3, -0.25) is 0 Å². The predicted molar refractivity (Wildman–Crippen MR) is 59.9 cm³/mol. The van der Waals surface area contributed by atoms with E-state index in [0.717, 1.165) is 0 Å². The summed E-state index contributed by atoms with van der Waals surface area (Å²) in [5.41, 5.74) is 6.01. The van der Waals surface area contributed by atoms with Crippen molar-refractivity contribution in [2.75, 3.05) is 5.73 Å². The van der Waals surface area contributed by atoms with E-state index < -0.39 is 5.82 Å². The maximum Gasteiger partial charge on any atom is 0.148 e. The molecule has 0 unspecified atom stereocenters. The van der Waals surface area contributed by atoms with Gasteiger partial charge in [0, 0.05) is 5.56 Å². The third kappa shape index (κ3) is 1.79. The van der Waals surface area contributed by atoms with Gasteiger partial charge < -0.3 is 5.73 Å². The quantitative estimate of drug-likeness (QED) is 0.447. The minimum absolute atomic E-state index is 0.0291. The Hall–Kier alpha value is -0.180. The minimum Gasteiger partial charge on any atom is -0.396 e. The first-order chi connectivity index (χ1) is 6.37. The summed E-state index contributed by atoms with van der Waals surface area (Å²) in [7, 11) is 0. The van der Waals surface area contributed by atoms with Crippen LogP contribution in [0.3, 0.4) is 0 Å². The normalized spacial score (nSPS) is 11.1. The molecule has 0 atom stereocenters.